The van der Waals surface area contributed by atoms with E-state index < -0.39 is 5.54 Å². The molecule has 0 fully saturated rings. The smallest absolute Gasteiger partial charge is 0.219 e. The Labute approximate surface area is 265 Å². The molecule has 0 spiro atoms. The van der Waals surface area contributed by atoms with Crippen molar-refractivity contribution in [2.45, 2.75) is 31.5 Å². The van der Waals surface area contributed by atoms with Gasteiger partial charge in [0.15, 0.2) is 0 Å². The topological polar surface area (TPSA) is 57.4 Å². The molecule has 5 nitrogen and oxygen atoms in total. The number of nitrogens with zero attached hydrogens (tertiary/aromatic N) is 1. The van der Waals surface area contributed by atoms with Gasteiger partial charge in [-0.15, -0.1) is 0 Å². The number of H-pyrrole nitrogens is 1. The van der Waals surface area contributed by atoms with Crippen molar-refractivity contribution in [1.29, 1.82) is 0 Å². The number of para-hydroxylation sites is 2. The average molecular weight is 594 g/mol. The molecule has 1 atom stereocenters. The van der Waals surface area contributed by atoms with Crippen molar-refractivity contribution >= 4 is 16.8 Å². The van der Waals surface area contributed by atoms with E-state index in [0.29, 0.717) is 19.5 Å². The van der Waals surface area contributed by atoms with Gasteiger partial charge >= 0.3 is 0 Å². The predicted octanol–water partition coefficient (Wildman–Crippen LogP) is 7.72. The maximum absolute atomic E-state index is 13.3. The molecule has 0 radical (unpaired) electrons. The Morgan fingerprint density at radius 2 is 1.27 bits per heavy atom. The molecule has 5 aromatic carbocycles. The van der Waals surface area contributed by atoms with Crippen LogP contribution in [0.2, 0.25) is 0 Å². The summed E-state index contributed by atoms with van der Waals surface area (Å²) in [6, 6.07) is 48.0. The Balaban J connectivity index is 1.49. The standard InChI is InChI=1S/C40H39N3O2/c1-30(44)43(28-31-16-12-15-25-39(31)45-2)29-36(26-32-27-41-38-24-14-13-23-37(32)38)42-40(33-17-6-3-7-18-33,34-19-8-4-9-20-34)35-21-10-5-11-22-35/h3-25,27,36,41-42H,26,28-29H2,1-2H3/t36-/m0/s1. The Kier molecular flexibility index (Phi) is 9.09. The number of carbonyl (C=O) groups excluding carboxylic acids is 1. The van der Waals surface area contributed by atoms with Crippen LogP contribution in [0.4, 0.5) is 0 Å². The Hall–Kier alpha value is -5.13. The molecular formula is C40H39N3O2. The molecular weight excluding hydrogens is 554 g/mol. The Bertz CT molecular complexity index is 1740. The summed E-state index contributed by atoms with van der Waals surface area (Å²) in [6.07, 6.45) is 2.81. The minimum absolute atomic E-state index is 0.0105. The zero-order valence-corrected chi connectivity index (χ0v) is 25.8. The fourth-order valence-electron chi connectivity index (χ4n) is 6.46. The Morgan fingerprint density at radius 3 is 1.84 bits per heavy atom. The summed E-state index contributed by atoms with van der Waals surface area (Å²) in [5.41, 5.74) is 5.98. The zero-order chi connectivity index (χ0) is 31.1. The van der Waals surface area contributed by atoms with E-state index in [2.05, 4.69) is 126 Å². The highest BCUT2D eigenvalue weighted by Crippen LogP contribution is 2.38. The largest absolute Gasteiger partial charge is 0.496 e. The van der Waals surface area contributed by atoms with Gasteiger partial charge < -0.3 is 14.6 Å². The van der Waals surface area contributed by atoms with Crippen molar-refractivity contribution in [3.05, 3.63) is 174 Å². The van der Waals surface area contributed by atoms with Gasteiger partial charge in [0.25, 0.3) is 0 Å². The zero-order valence-electron chi connectivity index (χ0n) is 25.8. The average Bonchev–Trinajstić information content (AvgIpc) is 3.50. The van der Waals surface area contributed by atoms with Crippen LogP contribution in [0, 0.1) is 0 Å². The van der Waals surface area contributed by atoms with E-state index in [9.17, 15) is 4.79 Å². The first-order valence-corrected chi connectivity index (χ1v) is 15.4. The molecule has 0 saturated heterocycles. The highest BCUT2D eigenvalue weighted by Gasteiger charge is 2.38. The number of methoxy groups -OCH3 is 1. The molecule has 5 heteroatoms. The lowest BCUT2D eigenvalue weighted by molar-refractivity contribution is -0.129. The molecule has 0 unspecified atom stereocenters. The number of fused-ring (bicyclic) bond motifs is 1. The van der Waals surface area contributed by atoms with Crippen molar-refractivity contribution in [1.82, 2.24) is 15.2 Å². The first-order valence-electron chi connectivity index (χ1n) is 15.4. The number of carbonyl (C=O) groups is 1. The lowest BCUT2D eigenvalue weighted by Crippen LogP contribution is -2.54. The van der Waals surface area contributed by atoms with E-state index in [4.69, 9.17) is 4.74 Å². The van der Waals surface area contributed by atoms with Gasteiger partial charge in [0.1, 0.15) is 5.75 Å². The van der Waals surface area contributed by atoms with E-state index in [-0.39, 0.29) is 11.9 Å². The van der Waals surface area contributed by atoms with Crippen LogP contribution in [0.1, 0.15) is 34.7 Å². The number of aromatic nitrogens is 1. The van der Waals surface area contributed by atoms with E-state index in [0.717, 1.165) is 33.5 Å². The number of ether oxygens (including phenoxy) is 1. The van der Waals surface area contributed by atoms with Crippen molar-refractivity contribution < 1.29 is 9.53 Å². The predicted molar refractivity (Wildman–Crippen MR) is 182 cm³/mol. The summed E-state index contributed by atoms with van der Waals surface area (Å²) in [5.74, 6) is 0.786. The third-order valence-electron chi connectivity index (χ3n) is 8.62. The molecule has 6 rings (SSSR count). The number of hydrogen-bond donors (Lipinski definition) is 2. The lowest BCUT2D eigenvalue weighted by Gasteiger charge is -2.41. The monoisotopic (exact) mass is 593 g/mol. The maximum Gasteiger partial charge on any atom is 0.219 e. The number of hydrogen-bond acceptors (Lipinski definition) is 3. The molecule has 0 aliphatic rings. The molecule has 2 N–H and O–H groups in total. The SMILES string of the molecule is COc1ccccc1CN(C[C@H](Cc1c[nH]c2ccccc12)NC(c1ccccc1)(c1ccccc1)c1ccccc1)C(C)=O. The second-order valence-corrected chi connectivity index (χ2v) is 11.5. The molecule has 0 aliphatic carbocycles. The Morgan fingerprint density at radius 1 is 0.733 bits per heavy atom. The van der Waals surface area contributed by atoms with Crippen molar-refractivity contribution in [3.63, 3.8) is 0 Å². The van der Waals surface area contributed by atoms with Gasteiger partial charge in [-0.3, -0.25) is 10.1 Å². The summed E-state index contributed by atoms with van der Waals surface area (Å²) >= 11 is 0. The summed E-state index contributed by atoms with van der Waals surface area (Å²) in [4.78, 5) is 18.7. The molecule has 0 bridgehead atoms. The van der Waals surface area contributed by atoms with Crippen LogP contribution in [0.15, 0.2) is 146 Å². The van der Waals surface area contributed by atoms with Gasteiger partial charge in [0, 0.05) is 48.7 Å². The maximum atomic E-state index is 13.3. The van der Waals surface area contributed by atoms with Crippen LogP contribution in [0.25, 0.3) is 10.9 Å². The fraction of sp³-hybridized carbons (Fsp3) is 0.175. The van der Waals surface area contributed by atoms with Crippen molar-refractivity contribution in [2.24, 2.45) is 0 Å². The van der Waals surface area contributed by atoms with E-state index >= 15 is 0 Å². The third kappa shape index (κ3) is 6.40. The molecule has 1 amide bonds. The fourth-order valence-corrected chi connectivity index (χ4v) is 6.46. The molecule has 6 aromatic rings. The second-order valence-electron chi connectivity index (χ2n) is 11.5. The number of aromatic amines is 1. The molecule has 1 aromatic heterocycles. The van der Waals surface area contributed by atoms with Gasteiger partial charge in [-0.2, -0.15) is 0 Å². The summed E-state index contributed by atoms with van der Waals surface area (Å²) in [6.45, 7) is 2.58. The van der Waals surface area contributed by atoms with Crippen molar-refractivity contribution in [3.8, 4) is 5.75 Å². The van der Waals surface area contributed by atoms with Gasteiger partial charge in [0.2, 0.25) is 5.91 Å². The molecule has 1 heterocycles. The van der Waals surface area contributed by atoms with Gasteiger partial charge in [0.05, 0.1) is 12.6 Å². The molecule has 226 valence electrons. The van der Waals surface area contributed by atoms with Crippen LogP contribution in [-0.4, -0.2) is 35.5 Å². The van der Waals surface area contributed by atoms with Crippen LogP contribution in [0.5, 0.6) is 5.75 Å². The minimum atomic E-state index is -0.687. The molecule has 0 saturated carbocycles. The lowest BCUT2D eigenvalue weighted by atomic mass is 9.76. The number of amides is 1. The van der Waals surface area contributed by atoms with Gasteiger partial charge in [-0.05, 0) is 40.8 Å². The van der Waals surface area contributed by atoms with E-state index in [1.54, 1.807) is 14.0 Å². The van der Waals surface area contributed by atoms with Crippen LogP contribution in [0.3, 0.4) is 0 Å². The number of nitrogens with one attached hydrogen (secondary N) is 2. The number of benzene rings is 5. The van der Waals surface area contributed by atoms with E-state index in [1.165, 1.54) is 10.9 Å². The summed E-state index contributed by atoms with van der Waals surface area (Å²) in [7, 11) is 1.67. The third-order valence-corrected chi connectivity index (χ3v) is 8.62. The molecule has 0 aliphatic heterocycles. The first kappa shape index (κ1) is 29.9. The highest BCUT2D eigenvalue weighted by atomic mass is 16.5. The van der Waals surface area contributed by atoms with Crippen LogP contribution >= 0.6 is 0 Å². The van der Waals surface area contributed by atoms with Gasteiger partial charge in [-0.1, -0.05) is 127 Å². The normalized spacial score (nSPS) is 12.1. The van der Waals surface area contributed by atoms with Crippen molar-refractivity contribution in [2.75, 3.05) is 13.7 Å². The first-order chi connectivity index (χ1) is 22.1. The van der Waals surface area contributed by atoms with Crippen LogP contribution in [-0.2, 0) is 23.3 Å². The quantitative estimate of drug-likeness (QED) is 0.143. The van der Waals surface area contributed by atoms with Crippen LogP contribution < -0.4 is 10.1 Å². The summed E-state index contributed by atoms with van der Waals surface area (Å²) in [5, 5.41) is 5.37. The van der Waals surface area contributed by atoms with E-state index in [1.807, 2.05) is 35.2 Å². The highest BCUT2D eigenvalue weighted by molar-refractivity contribution is 5.83. The summed E-state index contributed by atoms with van der Waals surface area (Å²) < 4.78 is 5.66. The molecule has 45 heavy (non-hydrogen) atoms. The minimum Gasteiger partial charge on any atom is -0.496 e. The second kappa shape index (κ2) is 13.7. The van der Waals surface area contributed by atoms with Gasteiger partial charge in [-0.25, -0.2) is 0 Å². The number of rotatable bonds is 12.